The predicted octanol–water partition coefficient (Wildman–Crippen LogP) is 3.40. The van der Waals surface area contributed by atoms with Crippen LogP contribution >= 0.6 is 0 Å². The van der Waals surface area contributed by atoms with E-state index < -0.39 is 21.8 Å². The number of amides is 2. The van der Waals surface area contributed by atoms with Gasteiger partial charge in [0.05, 0.1) is 36.3 Å². The molecule has 0 spiro atoms. The number of nitrogens with two attached hydrogens (primary N) is 1. The first-order chi connectivity index (χ1) is 15.7. The second-order valence-corrected chi connectivity index (χ2v) is 9.14. The van der Waals surface area contributed by atoms with E-state index in [4.69, 9.17) is 10.5 Å². The minimum atomic E-state index is -3.61. The fourth-order valence-electron chi connectivity index (χ4n) is 3.25. The standard InChI is InChI=1S/C24H25N3O5S/c1-3-32-22-11-7-6-10-21(22)27(33(2,30)31)16-17-12-14-18(15-13-17)24(29)26-20-9-5-4-8-19(20)23(25)28/h4-15H,3,16H2,1-2H3,(H2,25,28)(H,26,29). The van der Waals surface area contributed by atoms with Crippen molar-refractivity contribution in [2.45, 2.75) is 13.5 Å². The lowest BCUT2D eigenvalue weighted by Gasteiger charge is -2.24. The van der Waals surface area contributed by atoms with E-state index >= 15 is 0 Å². The van der Waals surface area contributed by atoms with Crippen LogP contribution in [0.15, 0.2) is 72.8 Å². The summed E-state index contributed by atoms with van der Waals surface area (Å²) >= 11 is 0. The van der Waals surface area contributed by atoms with Gasteiger partial charge in [0, 0.05) is 5.56 Å². The SMILES string of the molecule is CCOc1ccccc1N(Cc1ccc(C(=O)Nc2ccccc2C(N)=O)cc1)S(C)(=O)=O. The van der Waals surface area contributed by atoms with Crippen LogP contribution in [0, 0.1) is 0 Å². The van der Waals surface area contributed by atoms with Crippen molar-refractivity contribution in [3.05, 3.63) is 89.5 Å². The van der Waals surface area contributed by atoms with Gasteiger partial charge in [-0.2, -0.15) is 0 Å². The molecule has 3 rings (SSSR count). The zero-order chi connectivity index (χ0) is 24.0. The molecule has 0 unspecified atom stereocenters. The molecule has 3 aromatic carbocycles. The third-order valence-electron chi connectivity index (χ3n) is 4.82. The Kier molecular flexibility index (Phi) is 7.34. The highest BCUT2D eigenvalue weighted by molar-refractivity contribution is 7.92. The maximum Gasteiger partial charge on any atom is 0.255 e. The number of primary amides is 1. The molecule has 0 saturated heterocycles. The first-order valence-corrected chi connectivity index (χ1v) is 12.0. The van der Waals surface area contributed by atoms with Gasteiger partial charge in [0.25, 0.3) is 11.8 Å². The highest BCUT2D eigenvalue weighted by Gasteiger charge is 2.21. The molecule has 0 heterocycles. The van der Waals surface area contributed by atoms with Gasteiger partial charge in [-0.25, -0.2) is 8.42 Å². The summed E-state index contributed by atoms with van der Waals surface area (Å²) < 4.78 is 31.9. The molecule has 0 aliphatic carbocycles. The average Bonchev–Trinajstić information content (AvgIpc) is 2.78. The minimum Gasteiger partial charge on any atom is -0.492 e. The van der Waals surface area contributed by atoms with Gasteiger partial charge in [0.15, 0.2) is 0 Å². The van der Waals surface area contributed by atoms with Crippen molar-refractivity contribution in [3.8, 4) is 5.75 Å². The fourth-order valence-corrected chi connectivity index (χ4v) is 4.14. The van der Waals surface area contributed by atoms with Gasteiger partial charge in [-0.15, -0.1) is 0 Å². The van der Waals surface area contributed by atoms with E-state index in [1.54, 1.807) is 66.7 Å². The number of ether oxygens (including phenoxy) is 1. The van der Waals surface area contributed by atoms with Crippen molar-refractivity contribution >= 4 is 33.2 Å². The van der Waals surface area contributed by atoms with Gasteiger partial charge in [0.2, 0.25) is 10.0 Å². The topological polar surface area (TPSA) is 119 Å². The number of sulfonamides is 1. The quantitative estimate of drug-likeness (QED) is 0.500. The fraction of sp³-hybridized carbons (Fsp3) is 0.167. The average molecular weight is 468 g/mol. The smallest absolute Gasteiger partial charge is 0.255 e. The summed E-state index contributed by atoms with van der Waals surface area (Å²) in [5.41, 5.74) is 7.34. The number of hydrogen-bond acceptors (Lipinski definition) is 5. The number of hydrogen-bond donors (Lipinski definition) is 2. The largest absolute Gasteiger partial charge is 0.492 e. The first kappa shape index (κ1) is 23.8. The van der Waals surface area contributed by atoms with Gasteiger partial charge in [0.1, 0.15) is 5.75 Å². The van der Waals surface area contributed by atoms with Crippen LogP contribution in [0.2, 0.25) is 0 Å². The van der Waals surface area contributed by atoms with Crippen LogP contribution in [0.3, 0.4) is 0 Å². The Bertz CT molecular complexity index is 1260. The molecule has 0 aliphatic heterocycles. The normalized spacial score (nSPS) is 11.0. The van der Waals surface area contributed by atoms with Gasteiger partial charge in [-0.1, -0.05) is 36.4 Å². The third-order valence-corrected chi connectivity index (χ3v) is 5.94. The van der Waals surface area contributed by atoms with E-state index in [1.165, 1.54) is 10.4 Å². The Morgan fingerprint density at radius 1 is 0.970 bits per heavy atom. The van der Waals surface area contributed by atoms with E-state index in [0.29, 0.717) is 34.9 Å². The van der Waals surface area contributed by atoms with Crippen molar-refractivity contribution in [3.63, 3.8) is 0 Å². The van der Waals surface area contributed by atoms with Crippen LogP contribution in [0.25, 0.3) is 0 Å². The van der Waals surface area contributed by atoms with Gasteiger partial charge >= 0.3 is 0 Å². The summed E-state index contributed by atoms with van der Waals surface area (Å²) in [7, 11) is -3.61. The van der Waals surface area contributed by atoms with Crippen LogP contribution in [-0.4, -0.2) is 33.1 Å². The molecule has 172 valence electrons. The zero-order valence-electron chi connectivity index (χ0n) is 18.3. The van der Waals surface area contributed by atoms with Gasteiger partial charge in [-0.05, 0) is 48.9 Å². The summed E-state index contributed by atoms with van der Waals surface area (Å²) in [6.07, 6.45) is 1.13. The number of para-hydroxylation sites is 3. The zero-order valence-corrected chi connectivity index (χ0v) is 19.1. The monoisotopic (exact) mass is 467 g/mol. The lowest BCUT2D eigenvalue weighted by molar-refractivity contribution is 0.100. The second-order valence-electron chi connectivity index (χ2n) is 7.23. The minimum absolute atomic E-state index is 0.0648. The molecule has 0 aromatic heterocycles. The van der Waals surface area contributed by atoms with Gasteiger partial charge in [-0.3, -0.25) is 13.9 Å². The molecule has 0 fully saturated rings. The molecule has 0 aliphatic rings. The summed E-state index contributed by atoms with van der Waals surface area (Å²) in [6.45, 7) is 2.29. The van der Waals surface area contributed by atoms with E-state index in [2.05, 4.69) is 5.32 Å². The summed E-state index contributed by atoms with van der Waals surface area (Å²) in [5, 5.41) is 2.68. The lowest BCUT2D eigenvalue weighted by Crippen LogP contribution is -2.29. The van der Waals surface area contributed by atoms with E-state index in [1.807, 2.05) is 6.92 Å². The number of nitrogens with zero attached hydrogens (tertiary/aromatic N) is 1. The molecule has 3 N–H and O–H groups in total. The highest BCUT2D eigenvalue weighted by atomic mass is 32.2. The summed E-state index contributed by atoms with van der Waals surface area (Å²) in [5.74, 6) is -0.596. The maximum atomic E-state index is 12.6. The van der Waals surface area contributed by atoms with Crippen LogP contribution in [0.4, 0.5) is 11.4 Å². The maximum absolute atomic E-state index is 12.6. The predicted molar refractivity (Wildman–Crippen MR) is 128 cm³/mol. The number of benzene rings is 3. The second kappa shape index (κ2) is 10.2. The number of carbonyl (C=O) groups is 2. The molecule has 0 saturated carbocycles. The van der Waals surface area contributed by atoms with Gasteiger partial charge < -0.3 is 15.8 Å². The number of rotatable bonds is 9. The van der Waals surface area contributed by atoms with Crippen LogP contribution in [0.1, 0.15) is 33.2 Å². The number of carbonyl (C=O) groups excluding carboxylic acids is 2. The lowest BCUT2D eigenvalue weighted by atomic mass is 10.1. The first-order valence-electron chi connectivity index (χ1n) is 10.2. The summed E-state index contributed by atoms with van der Waals surface area (Å²) in [6, 6.07) is 19.9. The van der Waals surface area contributed by atoms with Crippen LogP contribution in [0.5, 0.6) is 5.75 Å². The highest BCUT2D eigenvalue weighted by Crippen LogP contribution is 2.31. The van der Waals surface area contributed by atoms with Crippen molar-refractivity contribution in [1.82, 2.24) is 0 Å². The Balaban J connectivity index is 1.82. The Labute approximate surface area is 193 Å². The van der Waals surface area contributed by atoms with Crippen molar-refractivity contribution in [2.24, 2.45) is 5.73 Å². The molecule has 0 radical (unpaired) electrons. The summed E-state index contributed by atoms with van der Waals surface area (Å²) in [4.78, 5) is 24.2. The molecule has 2 amide bonds. The van der Waals surface area contributed by atoms with Crippen molar-refractivity contribution in [1.29, 1.82) is 0 Å². The molecule has 3 aromatic rings. The molecular formula is C24H25N3O5S. The van der Waals surface area contributed by atoms with E-state index in [-0.39, 0.29) is 12.1 Å². The van der Waals surface area contributed by atoms with Crippen LogP contribution < -0.4 is 20.1 Å². The Morgan fingerprint density at radius 3 is 2.24 bits per heavy atom. The van der Waals surface area contributed by atoms with Crippen molar-refractivity contribution in [2.75, 3.05) is 22.5 Å². The molecule has 0 atom stereocenters. The third kappa shape index (κ3) is 5.89. The molecule has 0 bridgehead atoms. The Hall–Kier alpha value is -3.85. The Morgan fingerprint density at radius 2 is 1.61 bits per heavy atom. The molecule has 8 nitrogen and oxygen atoms in total. The van der Waals surface area contributed by atoms with Crippen molar-refractivity contribution < 1.29 is 22.7 Å². The number of nitrogens with one attached hydrogen (secondary N) is 1. The van der Waals surface area contributed by atoms with E-state index in [0.717, 1.165) is 6.26 Å². The molecule has 9 heteroatoms. The molecular weight excluding hydrogens is 442 g/mol. The van der Waals surface area contributed by atoms with E-state index in [9.17, 15) is 18.0 Å². The molecule has 33 heavy (non-hydrogen) atoms. The van der Waals surface area contributed by atoms with Crippen LogP contribution in [-0.2, 0) is 16.6 Å². The number of anilines is 2.